The van der Waals surface area contributed by atoms with Gasteiger partial charge in [-0.1, -0.05) is 23.7 Å². The van der Waals surface area contributed by atoms with Gasteiger partial charge in [0.15, 0.2) is 17.1 Å². The Bertz CT molecular complexity index is 1400. The molecule has 1 N–H and O–H groups in total. The van der Waals surface area contributed by atoms with Crippen molar-refractivity contribution in [3.05, 3.63) is 81.5 Å². The van der Waals surface area contributed by atoms with E-state index in [1.807, 2.05) is 32.0 Å². The van der Waals surface area contributed by atoms with Crippen LogP contribution in [0.3, 0.4) is 0 Å². The minimum atomic E-state index is -0.248. The van der Waals surface area contributed by atoms with E-state index in [0.29, 0.717) is 66.0 Å². The summed E-state index contributed by atoms with van der Waals surface area (Å²) in [6.45, 7) is 5.75. The standard InChI is InChI=1S/C25H26ClN5O4/c1-3-34-21-9-8-18(13-22(21)35-4-2)24(32)27-10-11-31-23-20(14-29-31)25(33)30(16-28-23)15-17-6-5-7-19(26)12-17/h5-9,12-14,16H,3-4,10-11,15H2,1-2H3,(H,27,32). The van der Waals surface area contributed by atoms with E-state index in [2.05, 4.69) is 15.4 Å². The maximum Gasteiger partial charge on any atom is 0.264 e. The second-order valence-electron chi connectivity index (χ2n) is 7.70. The molecule has 0 fully saturated rings. The van der Waals surface area contributed by atoms with Crippen molar-refractivity contribution in [2.24, 2.45) is 0 Å². The molecule has 2 aromatic heterocycles. The van der Waals surface area contributed by atoms with Gasteiger partial charge in [0, 0.05) is 17.1 Å². The molecule has 0 aliphatic rings. The monoisotopic (exact) mass is 495 g/mol. The molecule has 2 heterocycles. The predicted molar refractivity (Wildman–Crippen MR) is 133 cm³/mol. The Balaban J connectivity index is 1.42. The minimum absolute atomic E-state index is 0.192. The van der Waals surface area contributed by atoms with Crippen LogP contribution in [0, 0.1) is 0 Å². The van der Waals surface area contributed by atoms with Crippen LogP contribution in [0.2, 0.25) is 5.02 Å². The number of carbonyl (C=O) groups is 1. The molecule has 0 aliphatic carbocycles. The minimum Gasteiger partial charge on any atom is -0.490 e. The molecule has 1 amide bonds. The third-order valence-corrected chi connectivity index (χ3v) is 5.51. The van der Waals surface area contributed by atoms with Crippen molar-refractivity contribution in [2.75, 3.05) is 19.8 Å². The van der Waals surface area contributed by atoms with Crippen molar-refractivity contribution < 1.29 is 14.3 Å². The third-order valence-electron chi connectivity index (χ3n) is 5.28. The first-order valence-electron chi connectivity index (χ1n) is 11.3. The fourth-order valence-corrected chi connectivity index (χ4v) is 3.89. The van der Waals surface area contributed by atoms with Crippen LogP contribution in [0.25, 0.3) is 11.0 Å². The number of aromatic nitrogens is 4. The lowest BCUT2D eigenvalue weighted by Crippen LogP contribution is -2.28. The molecule has 35 heavy (non-hydrogen) atoms. The van der Waals surface area contributed by atoms with Crippen molar-refractivity contribution in [1.29, 1.82) is 0 Å². The SMILES string of the molecule is CCOc1ccc(C(=O)NCCn2ncc3c(=O)n(Cc4cccc(Cl)c4)cnc32)cc1OCC. The summed E-state index contributed by atoms with van der Waals surface area (Å²) in [5, 5.41) is 8.18. The Morgan fingerprint density at radius 2 is 1.89 bits per heavy atom. The van der Waals surface area contributed by atoms with E-state index in [9.17, 15) is 9.59 Å². The van der Waals surface area contributed by atoms with E-state index in [0.717, 1.165) is 5.56 Å². The molecule has 0 unspecified atom stereocenters. The van der Waals surface area contributed by atoms with Gasteiger partial charge < -0.3 is 14.8 Å². The maximum absolute atomic E-state index is 12.9. The van der Waals surface area contributed by atoms with E-state index in [1.165, 1.54) is 17.1 Å². The number of rotatable bonds is 10. The Morgan fingerprint density at radius 1 is 1.09 bits per heavy atom. The zero-order valence-corrected chi connectivity index (χ0v) is 20.3. The average Bonchev–Trinajstić information content (AvgIpc) is 3.26. The number of amides is 1. The molecule has 0 saturated carbocycles. The average molecular weight is 496 g/mol. The van der Waals surface area contributed by atoms with Crippen LogP contribution in [0.1, 0.15) is 29.8 Å². The van der Waals surface area contributed by atoms with E-state index in [4.69, 9.17) is 21.1 Å². The predicted octanol–water partition coefficient (Wildman–Crippen LogP) is 3.52. The second-order valence-corrected chi connectivity index (χ2v) is 8.13. The summed E-state index contributed by atoms with van der Waals surface area (Å²) in [5.74, 6) is 0.877. The summed E-state index contributed by atoms with van der Waals surface area (Å²) in [7, 11) is 0. The molecule has 0 spiro atoms. The van der Waals surface area contributed by atoms with E-state index in [-0.39, 0.29) is 11.5 Å². The van der Waals surface area contributed by atoms with Crippen molar-refractivity contribution in [1.82, 2.24) is 24.6 Å². The fourth-order valence-electron chi connectivity index (χ4n) is 3.68. The van der Waals surface area contributed by atoms with Crippen molar-refractivity contribution >= 4 is 28.5 Å². The first-order valence-corrected chi connectivity index (χ1v) is 11.7. The highest BCUT2D eigenvalue weighted by atomic mass is 35.5. The molecule has 0 radical (unpaired) electrons. The Labute approximate surface area is 207 Å². The first kappa shape index (κ1) is 24.3. The number of hydrogen-bond acceptors (Lipinski definition) is 6. The number of hydrogen-bond donors (Lipinski definition) is 1. The van der Waals surface area contributed by atoms with Gasteiger partial charge in [0.25, 0.3) is 11.5 Å². The number of halogens is 1. The summed E-state index contributed by atoms with van der Waals surface area (Å²) in [6, 6.07) is 12.4. The lowest BCUT2D eigenvalue weighted by molar-refractivity contribution is 0.0951. The van der Waals surface area contributed by atoms with Crippen LogP contribution in [0.4, 0.5) is 0 Å². The molecule has 0 aliphatic heterocycles. The smallest absolute Gasteiger partial charge is 0.264 e. The van der Waals surface area contributed by atoms with Gasteiger partial charge in [-0.25, -0.2) is 9.67 Å². The van der Waals surface area contributed by atoms with Gasteiger partial charge in [-0.15, -0.1) is 0 Å². The highest BCUT2D eigenvalue weighted by Crippen LogP contribution is 2.28. The van der Waals surface area contributed by atoms with Crippen LogP contribution in [-0.2, 0) is 13.1 Å². The molecular formula is C25H26ClN5O4. The summed E-state index contributed by atoms with van der Waals surface area (Å²) in [6.07, 6.45) is 3.00. The molecule has 182 valence electrons. The fraction of sp³-hybridized carbons (Fsp3) is 0.280. The Morgan fingerprint density at radius 3 is 2.66 bits per heavy atom. The van der Waals surface area contributed by atoms with Gasteiger partial charge in [0.05, 0.1) is 32.5 Å². The van der Waals surface area contributed by atoms with Gasteiger partial charge in [-0.2, -0.15) is 5.10 Å². The van der Waals surface area contributed by atoms with Crippen LogP contribution < -0.4 is 20.3 Å². The highest BCUT2D eigenvalue weighted by Gasteiger charge is 2.13. The van der Waals surface area contributed by atoms with Gasteiger partial charge in [-0.05, 0) is 49.7 Å². The van der Waals surface area contributed by atoms with Gasteiger partial charge >= 0.3 is 0 Å². The topological polar surface area (TPSA) is 100 Å². The summed E-state index contributed by atoms with van der Waals surface area (Å²) < 4.78 is 14.3. The van der Waals surface area contributed by atoms with E-state index >= 15 is 0 Å². The quantitative estimate of drug-likeness (QED) is 0.361. The highest BCUT2D eigenvalue weighted by molar-refractivity contribution is 6.30. The molecule has 4 rings (SSSR count). The normalized spacial score (nSPS) is 10.9. The molecule has 2 aromatic carbocycles. The first-order chi connectivity index (χ1) is 17.0. The van der Waals surface area contributed by atoms with Crippen LogP contribution >= 0.6 is 11.6 Å². The van der Waals surface area contributed by atoms with Crippen LogP contribution in [0.5, 0.6) is 11.5 Å². The molecule has 4 aromatic rings. The zero-order valence-electron chi connectivity index (χ0n) is 19.5. The van der Waals surface area contributed by atoms with Crippen LogP contribution in [0.15, 0.2) is 59.8 Å². The molecular weight excluding hydrogens is 470 g/mol. The lowest BCUT2D eigenvalue weighted by atomic mass is 10.2. The summed E-state index contributed by atoms with van der Waals surface area (Å²) in [5.41, 5.74) is 1.64. The van der Waals surface area contributed by atoms with Crippen molar-refractivity contribution in [2.45, 2.75) is 26.9 Å². The number of ether oxygens (including phenoxy) is 2. The lowest BCUT2D eigenvalue weighted by Gasteiger charge is -2.12. The van der Waals surface area contributed by atoms with E-state index in [1.54, 1.807) is 28.9 Å². The molecule has 10 heteroatoms. The van der Waals surface area contributed by atoms with Crippen molar-refractivity contribution in [3.63, 3.8) is 0 Å². The van der Waals surface area contributed by atoms with E-state index < -0.39 is 0 Å². The van der Waals surface area contributed by atoms with Gasteiger partial charge in [-0.3, -0.25) is 14.2 Å². The number of nitrogens with one attached hydrogen (secondary N) is 1. The number of benzene rings is 2. The maximum atomic E-state index is 12.9. The van der Waals surface area contributed by atoms with Gasteiger partial charge in [0.2, 0.25) is 0 Å². The Kier molecular flexibility index (Phi) is 7.67. The molecule has 0 bridgehead atoms. The number of fused-ring (bicyclic) bond motifs is 1. The zero-order chi connectivity index (χ0) is 24.8. The molecule has 9 nitrogen and oxygen atoms in total. The second kappa shape index (κ2) is 11.1. The molecule has 0 saturated heterocycles. The summed E-state index contributed by atoms with van der Waals surface area (Å²) in [4.78, 5) is 30.0. The third kappa shape index (κ3) is 5.63. The van der Waals surface area contributed by atoms with Crippen LogP contribution in [-0.4, -0.2) is 45.0 Å². The molecule has 0 atom stereocenters. The number of carbonyl (C=O) groups excluding carboxylic acids is 1. The largest absolute Gasteiger partial charge is 0.490 e. The van der Waals surface area contributed by atoms with Crippen molar-refractivity contribution in [3.8, 4) is 11.5 Å². The number of nitrogens with zero attached hydrogens (tertiary/aromatic N) is 4. The Hall–Kier alpha value is -3.85. The summed E-state index contributed by atoms with van der Waals surface area (Å²) >= 11 is 6.04. The van der Waals surface area contributed by atoms with Gasteiger partial charge in [0.1, 0.15) is 11.7 Å².